The Labute approximate surface area is 133 Å². The zero-order valence-corrected chi connectivity index (χ0v) is 13.6. The maximum atomic E-state index is 14.1. The Morgan fingerprint density at radius 3 is 2.86 bits per heavy atom. The molecule has 0 amide bonds. The van der Waals surface area contributed by atoms with Crippen molar-refractivity contribution in [3.8, 4) is 5.69 Å². The Balaban J connectivity index is 1.73. The fourth-order valence-corrected chi connectivity index (χ4v) is 3.47. The van der Waals surface area contributed by atoms with Crippen LogP contribution < -0.4 is 5.32 Å². The van der Waals surface area contributed by atoms with Gasteiger partial charge < -0.3 is 5.32 Å². The van der Waals surface area contributed by atoms with E-state index in [0.29, 0.717) is 12.2 Å². The number of aromatic nitrogens is 3. The lowest BCUT2D eigenvalue weighted by Gasteiger charge is -2.07. The third kappa shape index (κ3) is 3.14. The molecule has 0 atom stereocenters. The van der Waals surface area contributed by atoms with Crippen LogP contribution in [0.3, 0.4) is 0 Å². The molecule has 7 heteroatoms. The standard InChI is InChI=1S/C14H12BrFN4S/c1-9-12(15)5-11(21-9)6-18-10-2-3-14(13(16)4-10)20-8-17-7-19-20/h2-5,7-8,18H,6H2,1H3. The van der Waals surface area contributed by atoms with Crippen LogP contribution in [0.5, 0.6) is 0 Å². The van der Waals surface area contributed by atoms with Crippen molar-refractivity contribution >= 4 is 33.0 Å². The van der Waals surface area contributed by atoms with E-state index in [9.17, 15) is 4.39 Å². The molecular formula is C14H12BrFN4S. The number of hydrogen-bond acceptors (Lipinski definition) is 4. The number of halogens is 2. The molecule has 3 aromatic rings. The molecule has 0 fully saturated rings. The molecule has 0 bridgehead atoms. The number of aryl methyl sites for hydroxylation is 1. The van der Waals surface area contributed by atoms with E-state index in [1.165, 1.54) is 33.2 Å². The molecule has 0 aliphatic heterocycles. The molecular weight excluding hydrogens is 355 g/mol. The van der Waals surface area contributed by atoms with Crippen LogP contribution in [-0.4, -0.2) is 14.8 Å². The number of anilines is 1. The lowest BCUT2D eigenvalue weighted by atomic mass is 10.2. The van der Waals surface area contributed by atoms with Gasteiger partial charge in [-0.3, -0.25) is 0 Å². The summed E-state index contributed by atoms with van der Waals surface area (Å²) < 4.78 is 16.6. The first kappa shape index (κ1) is 14.2. The Bertz CT molecular complexity index is 735. The summed E-state index contributed by atoms with van der Waals surface area (Å²) in [6, 6.07) is 7.05. The van der Waals surface area contributed by atoms with E-state index >= 15 is 0 Å². The molecule has 21 heavy (non-hydrogen) atoms. The number of benzene rings is 1. The van der Waals surface area contributed by atoms with Crippen molar-refractivity contribution in [3.63, 3.8) is 0 Å². The maximum Gasteiger partial charge on any atom is 0.150 e. The normalized spacial score (nSPS) is 10.8. The Morgan fingerprint density at radius 1 is 1.38 bits per heavy atom. The molecule has 1 aromatic carbocycles. The van der Waals surface area contributed by atoms with Crippen LogP contribution in [0.1, 0.15) is 9.75 Å². The number of nitrogens with zero attached hydrogens (tertiary/aromatic N) is 3. The topological polar surface area (TPSA) is 42.7 Å². The molecule has 0 saturated carbocycles. The molecule has 0 aliphatic carbocycles. The van der Waals surface area contributed by atoms with Crippen molar-refractivity contribution in [2.24, 2.45) is 0 Å². The predicted molar refractivity (Wildman–Crippen MR) is 85.4 cm³/mol. The van der Waals surface area contributed by atoms with E-state index in [4.69, 9.17) is 0 Å². The molecule has 0 saturated heterocycles. The van der Waals surface area contributed by atoms with Crippen molar-refractivity contribution in [2.75, 3.05) is 5.32 Å². The van der Waals surface area contributed by atoms with E-state index in [2.05, 4.69) is 44.3 Å². The summed E-state index contributed by atoms with van der Waals surface area (Å²) in [5, 5.41) is 7.14. The Hall–Kier alpha value is -1.73. The highest BCUT2D eigenvalue weighted by Gasteiger charge is 2.07. The van der Waals surface area contributed by atoms with E-state index in [1.807, 2.05) is 6.07 Å². The molecule has 3 rings (SSSR count). The third-order valence-electron chi connectivity index (χ3n) is 2.99. The van der Waals surface area contributed by atoms with Crippen molar-refractivity contribution < 1.29 is 4.39 Å². The molecule has 108 valence electrons. The van der Waals surface area contributed by atoms with Gasteiger partial charge in [0, 0.05) is 26.5 Å². The lowest BCUT2D eigenvalue weighted by Crippen LogP contribution is -2.01. The summed E-state index contributed by atoms with van der Waals surface area (Å²) in [5.41, 5.74) is 1.12. The van der Waals surface area contributed by atoms with Gasteiger partial charge in [-0.1, -0.05) is 0 Å². The highest BCUT2D eigenvalue weighted by Crippen LogP contribution is 2.27. The van der Waals surface area contributed by atoms with Gasteiger partial charge in [-0.2, -0.15) is 5.10 Å². The Morgan fingerprint density at radius 2 is 2.24 bits per heavy atom. The van der Waals surface area contributed by atoms with Gasteiger partial charge >= 0.3 is 0 Å². The molecule has 0 unspecified atom stereocenters. The summed E-state index contributed by atoms with van der Waals surface area (Å²) in [4.78, 5) is 6.25. The predicted octanol–water partition coefficient (Wildman–Crippen LogP) is 4.15. The lowest BCUT2D eigenvalue weighted by molar-refractivity contribution is 0.611. The second-order valence-electron chi connectivity index (χ2n) is 4.48. The van der Waals surface area contributed by atoms with Crippen LogP contribution in [0.4, 0.5) is 10.1 Å². The van der Waals surface area contributed by atoms with E-state index < -0.39 is 0 Å². The molecule has 1 N–H and O–H groups in total. The van der Waals surface area contributed by atoms with Crippen LogP contribution in [0, 0.1) is 12.7 Å². The monoisotopic (exact) mass is 366 g/mol. The second kappa shape index (κ2) is 5.95. The molecule has 2 heterocycles. The molecule has 0 radical (unpaired) electrons. The van der Waals surface area contributed by atoms with Crippen LogP contribution in [-0.2, 0) is 6.54 Å². The van der Waals surface area contributed by atoms with Gasteiger partial charge in [-0.25, -0.2) is 14.1 Å². The highest BCUT2D eigenvalue weighted by molar-refractivity contribution is 9.10. The minimum atomic E-state index is -0.339. The van der Waals surface area contributed by atoms with Gasteiger partial charge in [-0.15, -0.1) is 11.3 Å². The summed E-state index contributed by atoms with van der Waals surface area (Å²) in [5.74, 6) is -0.339. The number of hydrogen-bond donors (Lipinski definition) is 1. The van der Waals surface area contributed by atoms with Crippen molar-refractivity contribution in [1.29, 1.82) is 0 Å². The molecule has 0 spiro atoms. The van der Waals surface area contributed by atoms with Crippen LogP contribution in [0.2, 0.25) is 0 Å². The van der Waals surface area contributed by atoms with E-state index in [-0.39, 0.29) is 5.82 Å². The molecule has 0 aliphatic rings. The average molecular weight is 367 g/mol. The van der Waals surface area contributed by atoms with Gasteiger partial charge in [0.1, 0.15) is 18.3 Å². The fourth-order valence-electron chi connectivity index (χ4n) is 1.93. The maximum absolute atomic E-state index is 14.1. The van der Waals surface area contributed by atoms with Gasteiger partial charge in [0.15, 0.2) is 5.82 Å². The van der Waals surface area contributed by atoms with E-state index in [0.717, 1.165) is 10.2 Å². The SMILES string of the molecule is Cc1sc(CNc2ccc(-n3cncn3)c(F)c2)cc1Br. The quantitative estimate of drug-likeness (QED) is 0.753. The zero-order valence-electron chi connectivity index (χ0n) is 11.2. The minimum absolute atomic E-state index is 0.339. The smallest absolute Gasteiger partial charge is 0.150 e. The highest BCUT2D eigenvalue weighted by atomic mass is 79.9. The first-order valence-electron chi connectivity index (χ1n) is 6.27. The van der Waals surface area contributed by atoms with Gasteiger partial charge in [0.25, 0.3) is 0 Å². The number of nitrogens with one attached hydrogen (secondary N) is 1. The third-order valence-corrected chi connectivity index (χ3v) is 5.12. The zero-order chi connectivity index (χ0) is 14.8. The van der Waals surface area contributed by atoms with E-state index in [1.54, 1.807) is 17.4 Å². The summed E-state index contributed by atoms with van der Waals surface area (Å²) in [7, 11) is 0. The van der Waals surface area contributed by atoms with Gasteiger partial charge in [0.05, 0.1) is 0 Å². The summed E-state index contributed by atoms with van der Waals surface area (Å²) in [6.07, 6.45) is 2.85. The average Bonchev–Trinajstić information content (AvgIpc) is 3.08. The fraction of sp³-hybridized carbons (Fsp3) is 0.143. The van der Waals surface area contributed by atoms with Gasteiger partial charge in [0.2, 0.25) is 0 Å². The van der Waals surface area contributed by atoms with Gasteiger partial charge in [-0.05, 0) is 47.1 Å². The second-order valence-corrected chi connectivity index (χ2v) is 6.67. The van der Waals surface area contributed by atoms with Crippen LogP contribution in [0.15, 0.2) is 41.4 Å². The minimum Gasteiger partial charge on any atom is -0.380 e. The number of rotatable bonds is 4. The molecule has 2 aromatic heterocycles. The van der Waals surface area contributed by atoms with Crippen LogP contribution >= 0.6 is 27.3 Å². The first-order chi connectivity index (χ1) is 10.1. The summed E-state index contributed by atoms with van der Waals surface area (Å²) in [6.45, 7) is 2.73. The Kier molecular flexibility index (Phi) is 4.03. The molecule has 4 nitrogen and oxygen atoms in total. The largest absolute Gasteiger partial charge is 0.380 e. The van der Waals surface area contributed by atoms with Crippen molar-refractivity contribution in [3.05, 3.63) is 57.0 Å². The summed E-state index contributed by atoms with van der Waals surface area (Å²) >= 11 is 5.21. The number of thiophene rings is 1. The first-order valence-corrected chi connectivity index (χ1v) is 7.87. The van der Waals surface area contributed by atoms with Crippen molar-refractivity contribution in [2.45, 2.75) is 13.5 Å². The van der Waals surface area contributed by atoms with Crippen LogP contribution in [0.25, 0.3) is 5.69 Å². The van der Waals surface area contributed by atoms with Crippen molar-refractivity contribution in [1.82, 2.24) is 14.8 Å².